The first-order valence-electron chi connectivity index (χ1n) is 7.40. The van der Waals surface area contributed by atoms with Crippen molar-refractivity contribution in [3.05, 3.63) is 71.8 Å². The summed E-state index contributed by atoms with van der Waals surface area (Å²) in [6.07, 6.45) is 0.276. The van der Waals surface area contributed by atoms with Gasteiger partial charge in [-0.2, -0.15) is 0 Å². The molecule has 0 heterocycles. The molecule has 2 rings (SSSR count). The van der Waals surface area contributed by atoms with Crippen molar-refractivity contribution in [1.29, 1.82) is 0 Å². The van der Waals surface area contributed by atoms with E-state index in [1.807, 2.05) is 60.7 Å². The molecule has 0 bridgehead atoms. The molecule has 0 spiro atoms. The van der Waals surface area contributed by atoms with Crippen molar-refractivity contribution in [2.24, 2.45) is 0 Å². The molecular weight excluding hydrogens is 278 g/mol. The number of aliphatic hydroxyl groups excluding tert-OH is 1. The fourth-order valence-corrected chi connectivity index (χ4v) is 2.16. The highest BCUT2D eigenvalue weighted by atomic mass is 16.5. The van der Waals surface area contributed by atoms with E-state index in [9.17, 15) is 4.79 Å². The standard InChI is InChI=1S/C18H21NO3/c20-13-7-12-19-17(21)14-22-18(15-8-3-1-4-9-15)16-10-5-2-6-11-16/h1-6,8-11,18,20H,7,12-14H2,(H,19,21). The summed E-state index contributed by atoms with van der Waals surface area (Å²) in [5.41, 5.74) is 2.02. The molecular formula is C18H21NO3. The minimum Gasteiger partial charge on any atom is -0.396 e. The Morgan fingerprint density at radius 3 is 2.05 bits per heavy atom. The number of aliphatic hydroxyl groups is 1. The molecule has 0 atom stereocenters. The fraction of sp³-hybridized carbons (Fsp3) is 0.278. The second-order valence-corrected chi connectivity index (χ2v) is 4.94. The third-order valence-electron chi connectivity index (χ3n) is 3.24. The first-order chi connectivity index (χ1) is 10.8. The van der Waals surface area contributed by atoms with E-state index in [-0.39, 0.29) is 25.2 Å². The maximum absolute atomic E-state index is 11.8. The second-order valence-electron chi connectivity index (χ2n) is 4.94. The maximum atomic E-state index is 11.8. The summed E-state index contributed by atoms with van der Waals surface area (Å²) in [5, 5.41) is 11.4. The number of hydrogen-bond acceptors (Lipinski definition) is 3. The lowest BCUT2D eigenvalue weighted by molar-refractivity contribution is -0.127. The van der Waals surface area contributed by atoms with Crippen LogP contribution in [0.25, 0.3) is 0 Å². The Labute approximate surface area is 130 Å². The Kier molecular flexibility index (Phi) is 6.61. The SMILES string of the molecule is O=C(COC(c1ccccc1)c1ccccc1)NCCCO. The normalized spacial score (nSPS) is 10.6. The summed E-state index contributed by atoms with van der Waals surface area (Å²) in [7, 11) is 0. The van der Waals surface area contributed by atoms with Crippen LogP contribution in [0.3, 0.4) is 0 Å². The van der Waals surface area contributed by atoms with Crippen molar-refractivity contribution in [1.82, 2.24) is 5.32 Å². The van der Waals surface area contributed by atoms with Crippen molar-refractivity contribution in [3.63, 3.8) is 0 Å². The number of ether oxygens (including phenoxy) is 1. The third kappa shape index (κ3) is 4.98. The third-order valence-corrected chi connectivity index (χ3v) is 3.24. The maximum Gasteiger partial charge on any atom is 0.246 e. The number of benzene rings is 2. The average molecular weight is 299 g/mol. The summed E-state index contributed by atoms with van der Waals surface area (Å²) >= 11 is 0. The zero-order chi connectivity index (χ0) is 15.6. The number of rotatable bonds is 8. The predicted molar refractivity (Wildman–Crippen MR) is 85.4 cm³/mol. The fourth-order valence-electron chi connectivity index (χ4n) is 2.16. The molecule has 4 heteroatoms. The minimum atomic E-state index is -0.272. The zero-order valence-electron chi connectivity index (χ0n) is 12.4. The van der Waals surface area contributed by atoms with Crippen LogP contribution < -0.4 is 5.32 Å². The topological polar surface area (TPSA) is 58.6 Å². The van der Waals surface area contributed by atoms with Crippen LogP contribution in [0.1, 0.15) is 23.7 Å². The Morgan fingerprint density at radius 1 is 1.00 bits per heavy atom. The molecule has 0 unspecified atom stereocenters. The van der Waals surface area contributed by atoms with E-state index < -0.39 is 0 Å². The van der Waals surface area contributed by atoms with Crippen LogP contribution in [-0.4, -0.2) is 30.8 Å². The predicted octanol–water partition coefficient (Wildman–Crippen LogP) is 2.29. The highest BCUT2D eigenvalue weighted by Gasteiger charge is 2.15. The van der Waals surface area contributed by atoms with Crippen LogP contribution >= 0.6 is 0 Å². The van der Waals surface area contributed by atoms with Gasteiger partial charge in [0.25, 0.3) is 0 Å². The lowest BCUT2D eigenvalue weighted by atomic mass is 10.0. The van der Waals surface area contributed by atoms with E-state index in [0.29, 0.717) is 13.0 Å². The molecule has 0 aromatic heterocycles. The molecule has 0 aliphatic heterocycles. The molecule has 0 radical (unpaired) electrons. The molecule has 2 aromatic rings. The van der Waals surface area contributed by atoms with Gasteiger partial charge in [0.2, 0.25) is 5.91 Å². The Balaban J connectivity index is 2.02. The molecule has 2 aromatic carbocycles. The number of carbonyl (C=O) groups is 1. The van der Waals surface area contributed by atoms with Gasteiger partial charge in [-0.15, -0.1) is 0 Å². The average Bonchev–Trinajstić information content (AvgIpc) is 2.57. The Hall–Kier alpha value is -2.17. The molecule has 116 valence electrons. The smallest absolute Gasteiger partial charge is 0.246 e. The summed E-state index contributed by atoms with van der Waals surface area (Å²) < 4.78 is 5.83. The molecule has 22 heavy (non-hydrogen) atoms. The van der Waals surface area contributed by atoms with Gasteiger partial charge in [-0.05, 0) is 17.5 Å². The Bertz CT molecular complexity index is 518. The van der Waals surface area contributed by atoms with Crippen LogP contribution in [0, 0.1) is 0 Å². The minimum absolute atomic E-state index is 0.0140. The lowest BCUT2D eigenvalue weighted by Gasteiger charge is -2.18. The largest absolute Gasteiger partial charge is 0.396 e. The van der Waals surface area contributed by atoms with E-state index >= 15 is 0 Å². The Morgan fingerprint density at radius 2 is 1.55 bits per heavy atom. The van der Waals surface area contributed by atoms with Crippen LogP contribution in [0.15, 0.2) is 60.7 Å². The van der Waals surface area contributed by atoms with E-state index in [1.54, 1.807) is 0 Å². The van der Waals surface area contributed by atoms with Crippen molar-refractivity contribution in [3.8, 4) is 0 Å². The van der Waals surface area contributed by atoms with E-state index in [0.717, 1.165) is 11.1 Å². The summed E-state index contributed by atoms with van der Waals surface area (Å²) in [5.74, 6) is -0.176. The quantitative estimate of drug-likeness (QED) is 0.735. The van der Waals surface area contributed by atoms with Crippen molar-refractivity contribution >= 4 is 5.91 Å². The van der Waals surface area contributed by atoms with Gasteiger partial charge < -0.3 is 15.2 Å². The number of nitrogens with one attached hydrogen (secondary N) is 1. The van der Waals surface area contributed by atoms with Gasteiger partial charge in [0.1, 0.15) is 12.7 Å². The summed E-state index contributed by atoms with van der Waals surface area (Å²) in [6, 6.07) is 19.7. The van der Waals surface area contributed by atoms with Gasteiger partial charge in [-0.1, -0.05) is 60.7 Å². The van der Waals surface area contributed by atoms with E-state index in [2.05, 4.69) is 5.32 Å². The highest BCUT2D eigenvalue weighted by molar-refractivity contribution is 5.77. The van der Waals surface area contributed by atoms with Gasteiger partial charge in [-0.3, -0.25) is 4.79 Å². The molecule has 0 aliphatic rings. The van der Waals surface area contributed by atoms with Gasteiger partial charge in [0.15, 0.2) is 0 Å². The molecule has 2 N–H and O–H groups in total. The molecule has 0 fully saturated rings. The lowest BCUT2D eigenvalue weighted by Crippen LogP contribution is -2.29. The zero-order valence-corrected chi connectivity index (χ0v) is 12.4. The van der Waals surface area contributed by atoms with E-state index in [4.69, 9.17) is 9.84 Å². The van der Waals surface area contributed by atoms with E-state index in [1.165, 1.54) is 0 Å². The monoisotopic (exact) mass is 299 g/mol. The molecule has 0 aliphatic carbocycles. The first kappa shape index (κ1) is 16.2. The van der Waals surface area contributed by atoms with Crippen molar-refractivity contribution in [2.45, 2.75) is 12.5 Å². The molecule has 4 nitrogen and oxygen atoms in total. The second kappa shape index (κ2) is 8.97. The van der Waals surface area contributed by atoms with Gasteiger partial charge >= 0.3 is 0 Å². The van der Waals surface area contributed by atoms with Crippen LogP contribution in [-0.2, 0) is 9.53 Å². The summed E-state index contributed by atoms with van der Waals surface area (Å²) in [4.78, 5) is 11.8. The molecule has 0 saturated heterocycles. The highest BCUT2D eigenvalue weighted by Crippen LogP contribution is 2.25. The van der Waals surface area contributed by atoms with Crippen molar-refractivity contribution < 1.29 is 14.6 Å². The molecule has 1 amide bonds. The van der Waals surface area contributed by atoms with Crippen LogP contribution in [0.5, 0.6) is 0 Å². The molecule has 0 saturated carbocycles. The van der Waals surface area contributed by atoms with Gasteiger partial charge in [0, 0.05) is 13.2 Å². The number of hydrogen-bond donors (Lipinski definition) is 2. The first-order valence-corrected chi connectivity index (χ1v) is 7.40. The summed E-state index contributed by atoms with van der Waals surface area (Å²) in [6.45, 7) is 0.512. The van der Waals surface area contributed by atoms with Gasteiger partial charge in [0.05, 0.1) is 0 Å². The van der Waals surface area contributed by atoms with Gasteiger partial charge in [-0.25, -0.2) is 0 Å². The number of amides is 1. The number of carbonyl (C=O) groups excluding carboxylic acids is 1. The van der Waals surface area contributed by atoms with Crippen LogP contribution in [0.4, 0.5) is 0 Å². The van der Waals surface area contributed by atoms with Crippen LogP contribution in [0.2, 0.25) is 0 Å². The van der Waals surface area contributed by atoms with Crippen molar-refractivity contribution in [2.75, 3.05) is 19.8 Å².